The molecule has 0 rings (SSSR count). The van der Waals surface area contributed by atoms with Gasteiger partial charge in [0.15, 0.2) is 0 Å². The highest BCUT2D eigenvalue weighted by molar-refractivity contribution is 4.30. The SMILES string of the molecule is OCCON(CCO)OCCO. The van der Waals surface area contributed by atoms with E-state index in [4.69, 9.17) is 25.0 Å². The molecule has 6 heteroatoms. The normalized spacial score (nSPS) is 11.0. The lowest BCUT2D eigenvalue weighted by Gasteiger charge is -2.18. The molecule has 0 bridgehead atoms. The van der Waals surface area contributed by atoms with Gasteiger partial charge in [0, 0.05) is 0 Å². The molecule has 12 heavy (non-hydrogen) atoms. The van der Waals surface area contributed by atoms with Gasteiger partial charge in [-0.2, -0.15) is 0 Å². The number of hydrogen-bond acceptors (Lipinski definition) is 6. The monoisotopic (exact) mass is 181 g/mol. The quantitative estimate of drug-likeness (QED) is 0.380. The summed E-state index contributed by atoms with van der Waals surface area (Å²) >= 11 is 0. The van der Waals surface area contributed by atoms with Crippen LogP contribution in [-0.2, 0) is 9.68 Å². The molecule has 0 unspecified atom stereocenters. The Hall–Kier alpha value is -0.240. The van der Waals surface area contributed by atoms with Crippen molar-refractivity contribution in [1.29, 1.82) is 0 Å². The van der Waals surface area contributed by atoms with Gasteiger partial charge in [0.1, 0.15) is 0 Å². The third-order valence-corrected chi connectivity index (χ3v) is 0.936. The molecule has 3 N–H and O–H groups in total. The summed E-state index contributed by atoms with van der Waals surface area (Å²) in [4.78, 5) is 9.65. The Kier molecular flexibility index (Phi) is 8.68. The topological polar surface area (TPSA) is 82.4 Å². The molecule has 0 atom stereocenters. The van der Waals surface area contributed by atoms with Crippen LogP contribution in [0.1, 0.15) is 0 Å². The zero-order chi connectivity index (χ0) is 9.23. The third-order valence-electron chi connectivity index (χ3n) is 0.936. The zero-order valence-corrected chi connectivity index (χ0v) is 6.85. The van der Waals surface area contributed by atoms with Crippen LogP contribution in [0.25, 0.3) is 0 Å². The van der Waals surface area contributed by atoms with E-state index < -0.39 is 0 Å². The minimum Gasteiger partial charge on any atom is -0.395 e. The Morgan fingerprint density at radius 3 is 1.67 bits per heavy atom. The summed E-state index contributed by atoms with van der Waals surface area (Å²) in [6.45, 7) is 0.0303. The van der Waals surface area contributed by atoms with E-state index in [0.717, 1.165) is 5.23 Å². The molecule has 0 spiro atoms. The minimum atomic E-state index is -0.121. The Balaban J connectivity index is 3.40. The van der Waals surface area contributed by atoms with E-state index in [1.807, 2.05) is 0 Å². The van der Waals surface area contributed by atoms with Crippen molar-refractivity contribution in [2.24, 2.45) is 0 Å². The summed E-state index contributed by atoms with van der Waals surface area (Å²) in [5.74, 6) is 0. The van der Waals surface area contributed by atoms with E-state index in [2.05, 4.69) is 0 Å². The van der Waals surface area contributed by atoms with Crippen molar-refractivity contribution < 1.29 is 25.0 Å². The first-order valence-corrected chi connectivity index (χ1v) is 3.71. The van der Waals surface area contributed by atoms with E-state index in [1.165, 1.54) is 0 Å². The summed E-state index contributed by atoms with van der Waals surface area (Å²) in [7, 11) is 0. The number of hydroxylamine groups is 2. The van der Waals surface area contributed by atoms with E-state index in [0.29, 0.717) is 0 Å². The van der Waals surface area contributed by atoms with Crippen molar-refractivity contribution >= 4 is 0 Å². The Morgan fingerprint density at radius 1 is 0.833 bits per heavy atom. The van der Waals surface area contributed by atoms with Crippen LogP contribution in [0.15, 0.2) is 0 Å². The summed E-state index contributed by atoms with van der Waals surface area (Å²) in [6, 6.07) is 0. The van der Waals surface area contributed by atoms with E-state index in [9.17, 15) is 0 Å². The predicted molar refractivity (Wildman–Crippen MR) is 39.9 cm³/mol. The Bertz CT molecular complexity index is 84.0. The maximum atomic E-state index is 8.51. The number of hydrogen-bond donors (Lipinski definition) is 3. The van der Waals surface area contributed by atoms with Gasteiger partial charge in [-0.1, -0.05) is 5.23 Å². The fraction of sp³-hybridized carbons (Fsp3) is 1.00. The Labute approximate surface area is 70.8 Å². The van der Waals surface area contributed by atoms with Crippen LogP contribution in [0.5, 0.6) is 0 Å². The molecule has 0 radical (unpaired) electrons. The van der Waals surface area contributed by atoms with Gasteiger partial charge < -0.3 is 15.3 Å². The van der Waals surface area contributed by atoms with Gasteiger partial charge in [-0.25, -0.2) is 0 Å². The molecule has 0 saturated carbocycles. The second-order valence-corrected chi connectivity index (χ2v) is 1.89. The molecule has 6 nitrogen and oxygen atoms in total. The van der Waals surface area contributed by atoms with Crippen LogP contribution in [0.3, 0.4) is 0 Å². The number of nitrogens with zero attached hydrogens (tertiary/aromatic N) is 1. The molecule has 0 aliphatic heterocycles. The first kappa shape index (κ1) is 11.8. The van der Waals surface area contributed by atoms with Crippen molar-refractivity contribution in [3.8, 4) is 0 Å². The van der Waals surface area contributed by atoms with E-state index in [1.54, 1.807) is 0 Å². The van der Waals surface area contributed by atoms with Crippen molar-refractivity contribution in [3.05, 3.63) is 0 Å². The third kappa shape index (κ3) is 6.47. The van der Waals surface area contributed by atoms with Crippen LogP contribution in [-0.4, -0.2) is 60.1 Å². The fourth-order valence-electron chi connectivity index (χ4n) is 0.533. The fourth-order valence-corrected chi connectivity index (χ4v) is 0.533. The van der Waals surface area contributed by atoms with Crippen LogP contribution in [0.2, 0.25) is 0 Å². The predicted octanol–water partition coefficient (Wildman–Crippen LogP) is -1.87. The lowest BCUT2D eigenvalue weighted by atomic mass is 10.7. The highest BCUT2D eigenvalue weighted by atomic mass is 16.9. The zero-order valence-electron chi connectivity index (χ0n) is 6.85. The first-order valence-electron chi connectivity index (χ1n) is 3.71. The molecule has 0 amide bonds. The first-order chi connectivity index (χ1) is 5.85. The van der Waals surface area contributed by atoms with Crippen LogP contribution in [0.4, 0.5) is 0 Å². The lowest BCUT2D eigenvalue weighted by molar-refractivity contribution is -0.372. The van der Waals surface area contributed by atoms with Crippen LogP contribution in [0, 0.1) is 0 Å². The van der Waals surface area contributed by atoms with Gasteiger partial charge in [-0.05, 0) is 0 Å². The van der Waals surface area contributed by atoms with Crippen molar-refractivity contribution in [3.63, 3.8) is 0 Å². The summed E-state index contributed by atoms with van der Waals surface area (Å²) in [5.41, 5.74) is 0. The van der Waals surface area contributed by atoms with Crippen LogP contribution >= 0.6 is 0 Å². The standard InChI is InChI=1S/C6H15NO5/c8-2-1-7(11-5-3-9)12-6-4-10/h8-10H,1-6H2. The average Bonchev–Trinajstić information content (AvgIpc) is 2.10. The van der Waals surface area contributed by atoms with Crippen molar-refractivity contribution in [2.45, 2.75) is 0 Å². The van der Waals surface area contributed by atoms with E-state index >= 15 is 0 Å². The molecule has 74 valence electrons. The summed E-state index contributed by atoms with van der Waals surface area (Å²) in [6.07, 6.45) is 0. The average molecular weight is 181 g/mol. The number of aliphatic hydroxyl groups excluding tert-OH is 3. The second-order valence-electron chi connectivity index (χ2n) is 1.89. The second kappa shape index (κ2) is 8.85. The maximum Gasteiger partial charge on any atom is 0.0942 e. The maximum absolute atomic E-state index is 8.51. The molecule has 0 heterocycles. The summed E-state index contributed by atoms with van der Waals surface area (Å²) in [5, 5.41) is 26.3. The van der Waals surface area contributed by atoms with Gasteiger partial charge in [0.25, 0.3) is 0 Å². The largest absolute Gasteiger partial charge is 0.395 e. The summed E-state index contributed by atoms with van der Waals surface area (Å²) < 4.78 is 0. The smallest absolute Gasteiger partial charge is 0.0942 e. The molecule has 0 fully saturated rings. The molecule has 0 aliphatic rings. The van der Waals surface area contributed by atoms with Gasteiger partial charge >= 0.3 is 0 Å². The van der Waals surface area contributed by atoms with Crippen molar-refractivity contribution in [1.82, 2.24) is 5.23 Å². The molecule has 0 aliphatic carbocycles. The molecule has 0 aromatic heterocycles. The van der Waals surface area contributed by atoms with Gasteiger partial charge in [0.05, 0.1) is 39.6 Å². The highest BCUT2D eigenvalue weighted by Gasteiger charge is 2.03. The van der Waals surface area contributed by atoms with E-state index in [-0.39, 0.29) is 39.6 Å². The van der Waals surface area contributed by atoms with Gasteiger partial charge in [-0.15, -0.1) is 0 Å². The molecule has 0 aromatic carbocycles. The van der Waals surface area contributed by atoms with Crippen molar-refractivity contribution in [2.75, 3.05) is 39.6 Å². The molecule has 0 aromatic rings. The Morgan fingerprint density at radius 2 is 1.33 bits per heavy atom. The molecule has 0 saturated heterocycles. The van der Waals surface area contributed by atoms with Gasteiger partial charge in [0.2, 0.25) is 0 Å². The number of aliphatic hydroxyl groups is 3. The minimum absolute atomic E-state index is 0.103. The number of rotatable bonds is 8. The molecular weight excluding hydrogens is 166 g/mol. The lowest BCUT2D eigenvalue weighted by Crippen LogP contribution is -2.29. The highest BCUT2D eigenvalue weighted by Crippen LogP contribution is 1.90. The van der Waals surface area contributed by atoms with Crippen LogP contribution < -0.4 is 0 Å². The molecular formula is C6H15NO5. The van der Waals surface area contributed by atoms with Gasteiger partial charge in [-0.3, -0.25) is 9.68 Å².